The lowest BCUT2D eigenvalue weighted by molar-refractivity contribution is -0.114. The van der Waals surface area contributed by atoms with Gasteiger partial charge in [-0.3, -0.25) is 4.79 Å². The summed E-state index contributed by atoms with van der Waals surface area (Å²) in [5, 5.41) is 12.7. The maximum Gasteiger partial charge on any atom is 0.243 e. The molecule has 0 aliphatic carbocycles. The van der Waals surface area contributed by atoms with Crippen molar-refractivity contribution in [1.29, 1.82) is 0 Å². The SMILES string of the molecule is CC(=O)Nc1cccc(S(=O)(=O)N2CCC(CO)(CCc3ccccc3)CC2)c1. The summed E-state index contributed by atoms with van der Waals surface area (Å²) in [4.78, 5) is 11.4. The third kappa shape index (κ3) is 5.23. The van der Waals surface area contributed by atoms with Crippen LogP contribution < -0.4 is 5.32 Å². The minimum Gasteiger partial charge on any atom is -0.396 e. The number of benzene rings is 2. The van der Waals surface area contributed by atoms with Crippen molar-refractivity contribution in [3.8, 4) is 0 Å². The molecule has 0 saturated carbocycles. The molecule has 2 aromatic rings. The highest BCUT2D eigenvalue weighted by atomic mass is 32.2. The fourth-order valence-corrected chi connectivity index (χ4v) is 5.32. The Morgan fingerprint density at radius 3 is 2.41 bits per heavy atom. The lowest BCUT2D eigenvalue weighted by Gasteiger charge is -2.40. The van der Waals surface area contributed by atoms with E-state index in [1.807, 2.05) is 18.2 Å². The van der Waals surface area contributed by atoms with E-state index >= 15 is 0 Å². The van der Waals surface area contributed by atoms with Crippen molar-refractivity contribution in [3.63, 3.8) is 0 Å². The minimum absolute atomic E-state index is 0.0612. The van der Waals surface area contributed by atoms with Crippen LogP contribution in [0.5, 0.6) is 0 Å². The number of carbonyl (C=O) groups is 1. The number of piperidine rings is 1. The molecule has 1 amide bonds. The molecule has 1 heterocycles. The van der Waals surface area contributed by atoms with Gasteiger partial charge in [-0.15, -0.1) is 0 Å². The van der Waals surface area contributed by atoms with Gasteiger partial charge in [0.1, 0.15) is 0 Å². The number of nitrogens with one attached hydrogen (secondary N) is 1. The summed E-state index contributed by atoms with van der Waals surface area (Å²) in [5.74, 6) is -0.247. The molecule has 1 fully saturated rings. The number of rotatable bonds is 7. The molecule has 0 bridgehead atoms. The van der Waals surface area contributed by atoms with Crippen LogP contribution in [0.4, 0.5) is 5.69 Å². The lowest BCUT2D eigenvalue weighted by Crippen LogP contribution is -2.44. The van der Waals surface area contributed by atoms with E-state index in [-0.39, 0.29) is 22.8 Å². The third-order valence-electron chi connectivity index (χ3n) is 5.70. The largest absolute Gasteiger partial charge is 0.396 e. The Morgan fingerprint density at radius 2 is 1.79 bits per heavy atom. The summed E-state index contributed by atoms with van der Waals surface area (Å²) in [7, 11) is -3.65. The predicted octanol–water partition coefficient (Wildman–Crippen LogP) is 3.04. The van der Waals surface area contributed by atoms with Crippen LogP contribution in [0.25, 0.3) is 0 Å². The van der Waals surface area contributed by atoms with Crippen molar-refractivity contribution in [2.45, 2.75) is 37.5 Å². The van der Waals surface area contributed by atoms with E-state index in [9.17, 15) is 18.3 Å². The Kier molecular flexibility index (Phi) is 6.72. The van der Waals surface area contributed by atoms with Gasteiger partial charge in [0.15, 0.2) is 0 Å². The number of sulfonamides is 1. The first kappa shape index (κ1) is 21.5. The molecule has 6 nitrogen and oxygen atoms in total. The Bertz CT molecular complexity index is 936. The number of hydrogen-bond acceptors (Lipinski definition) is 4. The fourth-order valence-electron chi connectivity index (χ4n) is 3.83. The highest BCUT2D eigenvalue weighted by Crippen LogP contribution is 2.37. The number of aryl methyl sites for hydroxylation is 1. The number of carbonyl (C=O) groups excluding carboxylic acids is 1. The van der Waals surface area contributed by atoms with Crippen LogP contribution in [0.1, 0.15) is 31.7 Å². The van der Waals surface area contributed by atoms with E-state index in [0.29, 0.717) is 31.6 Å². The van der Waals surface area contributed by atoms with E-state index < -0.39 is 10.0 Å². The van der Waals surface area contributed by atoms with Gasteiger partial charge in [0.05, 0.1) is 4.90 Å². The fraction of sp³-hybridized carbons (Fsp3) is 0.409. The molecule has 7 heteroatoms. The van der Waals surface area contributed by atoms with Crippen molar-refractivity contribution < 1.29 is 18.3 Å². The average molecular weight is 417 g/mol. The number of aliphatic hydroxyl groups excluding tert-OH is 1. The Labute approximate surface area is 172 Å². The van der Waals surface area contributed by atoms with Crippen LogP contribution in [0.15, 0.2) is 59.5 Å². The molecular weight excluding hydrogens is 388 g/mol. The van der Waals surface area contributed by atoms with Gasteiger partial charge in [0, 0.05) is 32.3 Å². The molecule has 1 saturated heterocycles. The molecule has 2 aromatic carbocycles. The van der Waals surface area contributed by atoms with Gasteiger partial charge in [0.2, 0.25) is 15.9 Å². The maximum atomic E-state index is 13.1. The van der Waals surface area contributed by atoms with Crippen molar-refractivity contribution >= 4 is 21.6 Å². The van der Waals surface area contributed by atoms with E-state index in [0.717, 1.165) is 12.8 Å². The number of nitrogens with zero attached hydrogens (tertiary/aromatic N) is 1. The predicted molar refractivity (Wildman–Crippen MR) is 113 cm³/mol. The second kappa shape index (κ2) is 9.07. The average Bonchev–Trinajstić information content (AvgIpc) is 2.73. The Balaban J connectivity index is 1.67. The molecule has 0 aromatic heterocycles. The molecule has 0 unspecified atom stereocenters. The van der Waals surface area contributed by atoms with Crippen LogP contribution in [0.3, 0.4) is 0 Å². The highest BCUT2D eigenvalue weighted by Gasteiger charge is 2.38. The zero-order valence-electron chi connectivity index (χ0n) is 16.7. The zero-order valence-corrected chi connectivity index (χ0v) is 17.5. The van der Waals surface area contributed by atoms with Crippen molar-refractivity contribution in [2.24, 2.45) is 5.41 Å². The van der Waals surface area contributed by atoms with Gasteiger partial charge >= 0.3 is 0 Å². The van der Waals surface area contributed by atoms with Gasteiger partial charge in [-0.2, -0.15) is 4.31 Å². The first-order chi connectivity index (χ1) is 13.8. The quantitative estimate of drug-likeness (QED) is 0.726. The third-order valence-corrected chi connectivity index (χ3v) is 7.59. The summed E-state index contributed by atoms with van der Waals surface area (Å²) < 4.78 is 27.6. The molecule has 0 spiro atoms. The van der Waals surface area contributed by atoms with Gasteiger partial charge in [0.25, 0.3) is 0 Å². The summed E-state index contributed by atoms with van der Waals surface area (Å²) in [6.45, 7) is 2.20. The monoisotopic (exact) mass is 416 g/mol. The smallest absolute Gasteiger partial charge is 0.243 e. The Hall–Kier alpha value is -2.22. The van der Waals surface area contributed by atoms with Gasteiger partial charge < -0.3 is 10.4 Å². The maximum absolute atomic E-state index is 13.1. The van der Waals surface area contributed by atoms with E-state index in [2.05, 4.69) is 17.4 Å². The second-order valence-electron chi connectivity index (χ2n) is 7.76. The van der Waals surface area contributed by atoms with E-state index in [1.165, 1.54) is 22.9 Å². The number of hydrogen-bond donors (Lipinski definition) is 2. The van der Waals surface area contributed by atoms with Gasteiger partial charge in [-0.05, 0) is 54.9 Å². The van der Waals surface area contributed by atoms with Crippen LogP contribution >= 0.6 is 0 Å². The van der Waals surface area contributed by atoms with Crippen molar-refractivity contribution in [1.82, 2.24) is 4.31 Å². The number of aliphatic hydroxyl groups is 1. The second-order valence-corrected chi connectivity index (χ2v) is 9.69. The highest BCUT2D eigenvalue weighted by molar-refractivity contribution is 7.89. The zero-order chi connectivity index (χ0) is 20.9. The number of amides is 1. The summed E-state index contributed by atoms with van der Waals surface area (Å²) >= 11 is 0. The van der Waals surface area contributed by atoms with Crippen molar-refractivity contribution in [3.05, 3.63) is 60.2 Å². The summed E-state index contributed by atoms with van der Waals surface area (Å²) in [6.07, 6.45) is 2.95. The van der Waals surface area contributed by atoms with Crippen LogP contribution in [0.2, 0.25) is 0 Å². The molecule has 3 rings (SSSR count). The minimum atomic E-state index is -3.65. The normalized spacial score (nSPS) is 17.0. The van der Waals surface area contributed by atoms with Crippen LogP contribution in [0, 0.1) is 5.41 Å². The van der Waals surface area contributed by atoms with E-state index in [1.54, 1.807) is 18.2 Å². The van der Waals surface area contributed by atoms with E-state index in [4.69, 9.17) is 0 Å². The Morgan fingerprint density at radius 1 is 1.10 bits per heavy atom. The van der Waals surface area contributed by atoms with Crippen LogP contribution in [-0.4, -0.2) is 43.4 Å². The standard InChI is InChI=1S/C22H28N2O4S/c1-18(26)23-20-8-5-9-21(16-20)29(27,28)24-14-12-22(17-25,13-15-24)11-10-19-6-3-2-4-7-19/h2-9,16,25H,10-15,17H2,1H3,(H,23,26). The molecule has 29 heavy (non-hydrogen) atoms. The number of anilines is 1. The molecule has 0 radical (unpaired) electrons. The summed E-state index contributed by atoms with van der Waals surface area (Å²) in [5.41, 5.74) is 1.44. The molecule has 1 aliphatic heterocycles. The molecule has 156 valence electrons. The molecule has 0 atom stereocenters. The van der Waals surface area contributed by atoms with Gasteiger partial charge in [-0.1, -0.05) is 36.4 Å². The molecule has 2 N–H and O–H groups in total. The van der Waals surface area contributed by atoms with Crippen LogP contribution in [-0.2, 0) is 21.2 Å². The first-order valence-corrected chi connectivity index (χ1v) is 11.3. The molecular formula is C22H28N2O4S. The molecule has 1 aliphatic rings. The van der Waals surface area contributed by atoms with Crippen molar-refractivity contribution in [2.75, 3.05) is 25.0 Å². The lowest BCUT2D eigenvalue weighted by atomic mass is 9.75. The van der Waals surface area contributed by atoms with Gasteiger partial charge in [-0.25, -0.2) is 8.42 Å². The topological polar surface area (TPSA) is 86.7 Å². The summed E-state index contributed by atoms with van der Waals surface area (Å²) in [6, 6.07) is 16.5. The first-order valence-electron chi connectivity index (χ1n) is 9.87.